The number of hydrogen-bond donors (Lipinski definition) is 0. The lowest BCUT2D eigenvalue weighted by molar-refractivity contribution is 0.929. The number of hydrogen-bond acceptors (Lipinski definition) is 2. The van der Waals surface area contributed by atoms with Gasteiger partial charge in [0.1, 0.15) is 0 Å². The zero-order valence-electron chi connectivity index (χ0n) is 10.0. The predicted molar refractivity (Wildman–Crippen MR) is 86.4 cm³/mol. The first-order chi connectivity index (χ1) is 9.22. The van der Waals surface area contributed by atoms with Crippen molar-refractivity contribution in [2.75, 3.05) is 0 Å². The molecule has 0 saturated carbocycles. The van der Waals surface area contributed by atoms with Gasteiger partial charge in [0.25, 0.3) is 0 Å². The van der Waals surface area contributed by atoms with Crippen molar-refractivity contribution in [2.45, 2.75) is 11.2 Å². The Morgan fingerprint density at radius 1 is 1.11 bits per heavy atom. The molecule has 0 saturated heterocycles. The summed E-state index contributed by atoms with van der Waals surface area (Å²) in [6.07, 6.45) is 0.863. The minimum atomic E-state index is 0.263. The summed E-state index contributed by atoms with van der Waals surface area (Å²) < 4.78 is 0.825. The van der Waals surface area contributed by atoms with Gasteiger partial charge in [-0.3, -0.25) is 4.98 Å². The van der Waals surface area contributed by atoms with Gasteiger partial charge in [-0.2, -0.15) is 0 Å². The lowest BCUT2D eigenvalue weighted by Crippen LogP contribution is -1.96. The Labute approximate surface area is 129 Å². The summed E-state index contributed by atoms with van der Waals surface area (Å²) >= 11 is 11.3. The van der Waals surface area contributed by atoms with Gasteiger partial charge in [0.05, 0.1) is 14.7 Å². The zero-order valence-corrected chi connectivity index (χ0v) is 13.2. The second kappa shape index (κ2) is 5.61. The fourth-order valence-electron chi connectivity index (χ4n) is 2.00. The first-order valence-electron chi connectivity index (χ1n) is 5.96. The van der Waals surface area contributed by atoms with Crippen LogP contribution in [-0.4, -0.2) is 4.98 Å². The molecular formula is C15H11BrClNS. The van der Waals surface area contributed by atoms with Crippen molar-refractivity contribution >= 4 is 49.8 Å². The lowest BCUT2D eigenvalue weighted by atomic mass is 10.1. The normalized spacial score (nSPS) is 12.7. The van der Waals surface area contributed by atoms with Crippen molar-refractivity contribution in [3.8, 4) is 0 Å². The topological polar surface area (TPSA) is 12.9 Å². The summed E-state index contributed by atoms with van der Waals surface area (Å²) in [4.78, 5) is 6.19. The summed E-state index contributed by atoms with van der Waals surface area (Å²) in [5, 5.41) is 1.18. The highest BCUT2D eigenvalue weighted by molar-refractivity contribution is 9.09. The number of aromatic nitrogens is 1. The second-order valence-corrected chi connectivity index (χ2v) is 7.16. The van der Waals surface area contributed by atoms with Crippen LogP contribution in [0.4, 0.5) is 0 Å². The first kappa shape index (κ1) is 13.1. The van der Waals surface area contributed by atoms with E-state index in [-0.39, 0.29) is 4.83 Å². The van der Waals surface area contributed by atoms with E-state index in [1.165, 1.54) is 10.3 Å². The molecule has 1 aromatic carbocycles. The van der Waals surface area contributed by atoms with Crippen molar-refractivity contribution in [3.63, 3.8) is 0 Å². The number of halogens is 2. The number of fused-ring (bicyclic) bond motifs is 1. The van der Waals surface area contributed by atoms with Crippen molar-refractivity contribution in [3.05, 3.63) is 63.4 Å². The van der Waals surface area contributed by atoms with E-state index in [4.69, 9.17) is 11.6 Å². The van der Waals surface area contributed by atoms with Crippen LogP contribution < -0.4 is 0 Å². The fourth-order valence-corrected chi connectivity index (χ4v) is 3.81. The molecule has 0 spiro atoms. The van der Waals surface area contributed by atoms with Crippen LogP contribution in [0, 0.1) is 0 Å². The molecule has 0 N–H and O–H groups in total. The molecule has 0 bridgehead atoms. The third-order valence-corrected chi connectivity index (χ3v) is 5.41. The molecule has 3 rings (SSSR count). The molecule has 4 heteroatoms. The second-order valence-electron chi connectivity index (χ2n) is 4.31. The Balaban J connectivity index is 1.84. The van der Waals surface area contributed by atoms with Gasteiger partial charge in [-0.05, 0) is 24.3 Å². The van der Waals surface area contributed by atoms with Crippen LogP contribution >= 0.6 is 38.9 Å². The van der Waals surface area contributed by atoms with Crippen molar-refractivity contribution in [2.24, 2.45) is 0 Å². The predicted octanol–water partition coefficient (Wildman–Crippen LogP) is 5.63. The van der Waals surface area contributed by atoms with Crippen molar-refractivity contribution in [1.29, 1.82) is 0 Å². The maximum absolute atomic E-state index is 5.97. The number of benzene rings is 1. The largest absolute Gasteiger partial charge is 0.253 e. The molecule has 0 fully saturated rings. The van der Waals surface area contributed by atoms with Crippen molar-refractivity contribution < 1.29 is 0 Å². The van der Waals surface area contributed by atoms with Crippen LogP contribution in [0.2, 0.25) is 4.34 Å². The molecule has 0 aliphatic heterocycles. The molecule has 1 atom stereocenters. The average Bonchev–Trinajstić information content (AvgIpc) is 2.85. The van der Waals surface area contributed by atoms with Gasteiger partial charge in [-0.25, -0.2) is 0 Å². The summed E-state index contributed by atoms with van der Waals surface area (Å²) in [5.41, 5.74) is 2.13. The highest BCUT2D eigenvalue weighted by Crippen LogP contribution is 2.34. The maximum Gasteiger partial charge on any atom is 0.0931 e. The molecule has 0 radical (unpaired) electrons. The summed E-state index contributed by atoms with van der Waals surface area (Å²) in [6, 6.07) is 16.4. The van der Waals surface area contributed by atoms with Gasteiger partial charge < -0.3 is 0 Å². The van der Waals surface area contributed by atoms with E-state index in [0.717, 1.165) is 22.0 Å². The van der Waals surface area contributed by atoms with Gasteiger partial charge in [0.15, 0.2) is 0 Å². The monoisotopic (exact) mass is 351 g/mol. The van der Waals surface area contributed by atoms with E-state index in [2.05, 4.69) is 45.2 Å². The number of alkyl halides is 1. The van der Waals surface area contributed by atoms with E-state index in [1.54, 1.807) is 11.3 Å². The molecule has 0 amide bonds. The van der Waals surface area contributed by atoms with Gasteiger partial charge >= 0.3 is 0 Å². The molecule has 2 aromatic heterocycles. The molecule has 0 aliphatic carbocycles. The average molecular weight is 353 g/mol. The minimum Gasteiger partial charge on any atom is -0.253 e. The minimum absolute atomic E-state index is 0.263. The van der Waals surface area contributed by atoms with Crippen LogP contribution in [0.1, 0.15) is 15.4 Å². The molecule has 2 heterocycles. The molecular weight excluding hydrogens is 342 g/mol. The van der Waals surface area contributed by atoms with Crippen LogP contribution in [0.25, 0.3) is 10.9 Å². The third-order valence-electron chi connectivity index (χ3n) is 2.95. The van der Waals surface area contributed by atoms with Gasteiger partial charge in [0.2, 0.25) is 0 Å². The lowest BCUT2D eigenvalue weighted by Gasteiger charge is -2.07. The van der Waals surface area contributed by atoms with Gasteiger partial charge in [-0.15, -0.1) is 11.3 Å². The Bertz CT molecular complexity index is 710. The van der Waals surface area contributed by atoms with E-state index >= 15 is 0 Å². The van der Waals surface area contributed by atoms with Crippen molar-refractivity contribution in [1.82, 2.24) is 4.98 Å². The van der Waals surface area contributed by atoms with E-state index < -0.39 is 0 Å². The van der Waals surface area contributed by atoms with Crippen LogP contribution in [0.15, 0.2) is 48.5 Å². The van der Waals surface area contributed by atoms with Gasteiger partial charge in [-0.1, -0.05) is 51.8 Å². The molecule has 19 heavy (non-hydrogen) atoms. The Morgan fingerprint density at radius 3 is 2.74 bits per heavy atom. The van der Waals surface area contributed by atoms with Crippen LogP contribution in [0.3, 0.4) is 0 Å². The molecule has 96 valence electrons. The Kier molecular flexibility index (Phi) is 3.87. The Morgan fingerprint density at radius 2 is 1.95 bits per heavy atom. The summed E-state index contributed by atoms with van der Waals surface area (Å²) in [7, 11) is 0. The number of pyridine rings is 1. The molecule has 0 aliphatic rings. The molecule has 1 unspecified atom stereocenters. The number of rotatable bonds is 3. The summed E-state index contributed by atoms with van der Waals surface area (Å²) in [6.45, 7) is 0. The third kappa shape index (κ3) is 2.99. The van der Waals surface area contributed by atoms with E-state index in [9.17, 15) is 0 Å². The summed E-state index contributed by atoms with van der Waals surface area (Å²) in [5.74, 6) is 0. The fraction of sp³-hybridized carbons (Fsp3) is 0.133. The SMILES string of the molecule is Clc1ccc(C(Br)Cc2ccc3ccccc3n2)s1. The quantitative estimate of drug-likeness (QED) is 0.557. The number of para-hydroxylation sites is 1. The zero-order chi connectivity index (χ0) is 13.2. The van der Waals surface area contributed by atoms with E-state index in [0.29, 0.717) is 0 Å². The van der Waals surface area contributed by atoms with Gasteiger partial charge in [0, 0.05) is 22.4 Å². The van der Waals surface area contributed by atoms with Crippen LogP contribution in [0.5, 0.6) is 0 Å². The molecule has 1 nitrogen and oxygen atoms in total. The highest BCUT2D eigenvalue weighted by atomic mass is 79.9. The maximum atomic E-state index is 5.97. The standard InChI is InChI=1S/C15H11BrClNS/c16-12(14-7-8-15(17)19-14)9-11-6-5-10-3-1-2-4-13(10)18-11/h1-8,12H,9H2. The smallest absolute Gasteiger partial charge is 0.0931 e. The highest BCUT2D eigenvalue weighted by Gasteiger charge is 2.12. The molecule has 3 aromatic rings. The first-order valence-corrected chi connectivity index (χ1v) is 8.07. The number of nitrogens with zero attached hydrogens (tertiary/aromatic N) is 1. The van der Waals surface area contributed by atoms with E-state index in [1.807, 2.05) is 24.3 Å². The number of thiophene rings is 1. The Hall–Kier alpha value is -0.900. The van der Waals surface area contributed by atoms with Crippen LogP contribution in [-0.2, 0) is 6.42 Å².